The Bertz CT molecular complexity index is 1160. The highest BCUT2D eigenvalue weighted by Crippen LogP contribution is 2.30. The van der Waals surface area contributed by atoms with E-state index in [4.69, 9.17) is 5.10 Å². The van der Waals surface area contributed by atoms with E-state index in [0.717, 1.165) is 47.6 Å². The van der Waals surface area contributed by atoms with E-state index in [-0.39, 0.29) is 0 Å². The molecular weight excluding hydrogens is 384 g/mol. The van der Waals surface area contributed by atoms with Crippen molar-refractivity contribution < 1.29 is 0 Å². The number of piperidine rings is 1. The van der Waals surface area contributed by atoms with E-state index in [1.54, 1.807) is 0 Å². The first-order valence-electron chi connectivity index (χ1n) is 11.2. The van der Waals surface area contributed by atoms with E-state index in [0.29, 0.717) is 12.0 Å². The largest absolute Gasteiger partial charge is 0.364 e. The molecule has 0 amide bonds. The summed E-state index contributed by atoms with van der Waals surface area (Å²) >= 11 is 0. The van der Waals surface area contributed by atoms with Crippen LogP contribution in [0.15, 0.2) is 48.5 Å². The highest BCUT2D eigenvalue weighted by molar-refractivity contribution is 5.99. The molecule has 0 bridgehead atoms. The molecule has 0 saturated carbocycles. The number of nitrogens with zero attached hydrogens (tertiary/aromatic N) is 5. The molecule has 0 aliphatic carbocycles. The Morgan fingerprint density at radius 2 is 1.61 bits per heavy atom. The quantitative estimate of drug-likeness (QED) is 0.519. The minimum Gasteiger partial charge on any atom is -0.364 e. The highest BCUT2D eigenvalue weighted by atomic mass is 15.4. The average Bonchev–Trinajstić information content (AvgIpc) is 3.16. The van der Waals surface area contributed by atoms with Crippen molar-refractivity contribution >= 4 is 22.2 Å². The summed E-state index contributed by atoms with van der Waals surface area (Å²) in [6.07, 6.45) is 1.09. The van der Waals surface area contributed by atoms with Crippen LogP contribution >= 0.6 is 0 Å². The summed E-state index contributed by atoms with van der Waals surface area (Å²) in [5.41, 5.74) is 3.53. The molecule has 2 aromatic heterocycles. The maximum atomic E-state index is 4.85. The predicted octanol–water partition coefficient (Wildman–Crippen LogP) is 4.82. The number of aryl methyl sites for hydroxylation is 2. The van der Waals surface area contributed by atoms with E-state index in [2.05, 4.69) is 76.9 Å². The fourth-order valence-corrected chi connectivity index (χ4v) is 4.49. The van der Waals surface area contributed by atoms with Crippen LogP contribution in [-0.2, 0) is 0 Å². The maximum Gasteiger partial charge on any atom is 0.185 e. The number of fused-ring (bicyclic) bond motifs is 3. The average molecular weight is 417 g/mol. The Balaban J connectivity index is 0.00000112. The first kappa shape index (κ1) is 21.2. The van der Waals surface area contributed by atoms with E-state index in [1.165, 1.54) is 11.1 Å². The third-order valence-electron chi connectivity index (χ3n) is 5.94. The van der Waals surface area contributed by atoms with Crippen LogP contribution < -0.4 is 5.32 Å². The number of benzene rings is 2. The summed E-state index contributed by atoms with van der Waals surface area (Å²) in [7, 11) is 2.20. The first-order valence-corrected chi connectivity index (χ1v) is 11.2. The monoisotopic (exact) mass is 416 g/mol. The number of aromatic nitrogens is 4. The third kappa shape index (κ3) is 4.26. The molecule has 4 aromatic rings. The second-order valence-electron chi connectivity index (χ2n) is 8.28. The van der Waals surface area contributed by atoms with Gasteiger partial charge in [0.25, 0.3) is 0 Å². The molecular formula is C25H32N6. The SMILES string of the molecule is CC.Cc1ccc(C2CC(Nc3nn4c(C)nnc4c4ccccc34)CN(C)C2)cc1. The van der Waals surface area contributed by atoms with Gasteiger partial charge in [-0.3, -0.25) is 0 Å². The van der Waals surface area contributed by atoms with Gasteiger partial charge >= 0.3 is 0 Å². The summed E-state index contributed by atoms with van der Waals surface area (Å²) in [5, 5.41) is 19.3. The molecule has 0 radical (unpaired) electrons. The number of rotatable bonds is 3. The number of nitrogens with one attached hydrogen (secondary N) is 1. The van der Waals surface area contributed by atoms with Crippen molar-refractivity contribution in [3.63, 3.8) is 0 Å². The molecule has 1 saturated heterocycles. The van der Waals surface area contributed by atoms with Crippen molar-refractivity contribution in [1.82, 2.24) is 24.7 Å². The van der Waals surface area contributed by atoms with Crippen molar-refractivity contribution in [3.8, 4) is 0 Å². The van der Waals surface area contributed by atoms with Gasteiger partial charge < -0.3 is 10.2 Å². The van der Waals surface area contributed by atoms with Crippen LogP contribution in [0.1, 0.15) is 43.1 Å². The zero-order valence-corrected chi connectivity index (χ0v) is 19.1. The van der Waals surface area contributed by atoms with E-state index < -0.39 is 0 Å². The summed E-state index contributed by atoms with van der Waals surface area (Å²) in [6, 6.07) is 17.6. The molecule has 1 fully saturated rings. The first-order chi connectivity index (χ1) is 15.1. The molecule has 6 heteroatoms. The van der Waals surface area contributed by atoms with Crippen molar-refractivity contribution in [2.24, 2.45) is 0 Å². The maximum absolute atomic E-state index is 4.85. The molecule has 2 aromatic carbocycles. The molecule has 0 spiro atoms. The molecule has 162 valence electrons. The number of hydrogen-bond donors (Lipinski definition) is 1. The lowest BCUT2D eigenvalue weighted by molar-refractivity contribution is 0.235. The van der Waals surface area contributed by atoms with Gasteiger partial charge in [0, 0.05) is 29.9 Å². The van der Waals surface area contributed by atoms with Gasteiger partial charge in [0.05, 0.1) is 0 Å². The van der Waals surface area contributed by atoms with Crippen molar-refractivity contribution in [1.29, 1.82) is 0 Å². The lowest BCUT2D eigenvalue weighted by Crippen LogP contribution is -2.43. The van der Waals surface area contributed by atoms with Crippen LogP contribution in [0.5, 0.6) is 0 Å². The van der Waals surface area contributed by atoms with Gasteiger partial charge in [-0.25, -0.2) is 0 Å². The lowest BCUT2D eigenvalue weighted by Gasteiger charge is -2.36. The van der Waals surface area contributed by atoms with Gasteiger partial charge in [-0.05, 0) is 38.8 Å². The fourth-order valence-electron chi connectivity index (χ4n) is 4.49. The third-order valence-corrected chi connectivity index (χ3v) is 5.94. The van der Waals surface area contributed by atoms with Crippen molar-refractivity contribution in [2.45, 2.75) is 46.1 Å². The number of likely N-dealkylation sites (tertiary alicyclic amines) is 1. The molecule has 2 atom stereocenters. The summed E-state index contributed by atoms with van der Waals surface area (Å²) in [5.74, 6) is 2.21. The van der Waals surface area contributed by atoms with Gasteiger partial charge in [0.15, 0.2) is 17.3 Å². The molecule has 1 aliphatic heterocycles. The van der Waals surface area contributed by atoms with Gasteiger partial charge in [-0.1, -0.05) is 67.9 Å². The molecule has 3 heterocycles. The summed E-state index contributed by atoms with van der Waals surface area (Å²) < 4.78 is 1.84. The number of anilines is 1. The van der Waals surface area contributed by atoms with Gasteiger partial charge in [-0.2, -0.15) is 4.52 Å². The van der Waals surface area contributed by atoms with Crippen molar-refractivity contribution in [2.75, 3.05) is 25.5 Å². The zero-order valence-electron chi connectivity index (χ0n) is 19.1. The number of hydrogen-bond acceptors (Lipinski definition) is 5. The molecule has 5 rings (SSSR count). The van der Waals surface area contributed by atoms with Crippen LogP contribution in [-0.4, -0.2) is 50.9 Å². The molecule has 6 nitrogen and oxygen atoms in total. The predicted molar refractivity (Wildman–Crippen MR) is 128 cm³/mol. The Hall–Kier alpha value is -2.99. The van der Waals surface area contributed by atoms with E-state index in [1.807, 2.05) is 31.4 Å². The van der Waals surface area contributed by atoms with Crippen LogP contribution in [0.25, 0.3) is 16.4 Å². The Morgan fingerprint density at radius 1 is 0.903 bits per heavy atom. The molecule has 2 unspecified atom stereocenters. The second-order valence-corrected chi connectivity index (χ2v) is 8.28. The molecule has 1 aliphatic rings. The Morgan fingerprint density at radius 3 is 2.35 bits per heavy atom. The van der Waals surface area contributed by atoms with Crippen LogP contribution in [0.2, 0.25) is 0 Å². The van der Waals surface area contributed by atoms with Gasteiger partial charge in [0.2, 0.25) is 0 Å². The van der Waals surface area contributed by atoms with Gasteiger partial charge in [-0.15, -0.1) is 15.3 Å². The Kier molecular flexibility index (Phi) is 6.18. The highest BCUT2D eigenvalue weighted by Gasteiger charge is 2.27. The minimum absolute atomic E-state index is 0.324. The van der Waals surface area contributed by atoms with Crippen LogP contribution in [0.4, 0.5) is 5.82 Å². The lowest BCUT2D eigenvalue weighted by atomic mass is 9.88. The summed E-state index contributed by atoms with van der Waals surface area (Å²) in [4.78, 5) is 2.41. The van der Waals surface area contributed by atoms with Crippen LogP contribution in [0.3, 0.4) is 0 Å². The topological polar surface area (TPSA) is 58.4 Å². The fraction of sp³-hybridized carbons (Fsp3) is 0.400. The van der Waals surface area contributed by atoms with E-state index in [9.17, 15) is 0 Å². The smallest absolute Gasteiger partial charge is 0.185 e. The normalized spacial score (nSPS) is 19.3. The minimum atomic E-state index is 0.324. The second kappa shape index (κ2) is 9.02. The molecule has 1 N–H and O–H groups in total. The molecule has 31 heavy (non-hydrogen) atoms. The summed E-state index contributed by atoms with van der Waals surface area (Å²) in [6.45, 7) is 10.2. The van der Waals surface area contributed by atoms with Crippen molar-refractivity contribution in [3.05, 3.63) is 65.5 Å². The standard InChI is InChI=1S/C23H26N6.C2H6/c1-15-8-10-17(11-9-15)18-12-19(14-28(3)13-18)24-22-20-6-4-5-7-21(20)23-26-25-16(2)29(23)27-22;1-2/h4-11,18-19H,12-14H2,1-3H3,(H,24,27);1-2H3. The Labute approximate surface area is 184 Å². The number of likely N-dealkylation sites (N-methyl/N-ethyl adjacent to an activating group) is 1. The van der Waals surface area contributed by atoms with Crippen LogP contribution in [0, 0.1) is 13.8 Å². The van der Waals surface area contributed by atoms with Gasteiger partial charge in [0.1, 0.15) is 0 Å². The zero-order chi connectivity index (χ0) is 22.0. The van der Waals surface area contributed by atoms with E-state index >= 15 is 0 Å².